The van der Waals surface area contributed by atoms with Crippen molar-refractivity contribution >= 4 is 16.6 Å². The lowest BCUT2D eigenvalue weighted by Crippen LogP contribution is -2.25. The van der Waals surface area contributed by atoms with Gasteiger partial charge in [-0.05, 0) is 29.7 Å². The van der Waals surface area contributed by atoms with Crippen LogP contribution in [0.4, 0.5) is 5.82 Å². The van der Waals surface area contributed by atoms with Crippen molar-refractivity contribution in [2.45, 2.75) is 0 Å². The molecule has 0 atom stereocenters. The van der Waals surface area contributed by atoms with Crippen LogP contribution in [0.25, 0.3) is 10.8 Å². The van der Waals surface area contributed by atoms with Gasteiger partial charge in [0.15, 0.2) is 0 Å². The summed E-state index contributed by atoms with van der Waals surface area (Å²) in [6.07, 6.45) is 1.81. The van der Waals surface area contributed by atoms with Crippen molar-refractivity contribution in [3.05, 3.63) is 30.5 Å². The molecule has 0 spiro atoms. The normalized spacial score (nSPS) is 10.5. The number of rotatable bonds is 4. The van der Waals surface area contributed by atoms with Crippen molar-refractivity contribution in [2.75, 3.05) is 32.1 Å². The van der Waals surface area contributed by atoms with Gasteiger partial charge in [-0.25, -0.2) is 4.98 Å². The monoisotopic (exact) mass is 231 g/mol. The number of pyridine rings is 1. The van der Waals surface area contributed by atoms with E-state index in [0.717, 1.165) is 28.9 Å². The zero-order chi connectivity index (χ0) is 12.3. The molecule has 0 saturated heterocycles. The Morgan fingerprint density at radius 1 is 1.35 bits per heavy atom. The summed E-state index contributed by atoms with van der Waals surface area (Å²) in [7, 11) is 3.67. The van der Waals surface area contributed by atoms with E-state index >= 15 is 0 Å². The van der Waals surface area contributed by atoms with Crippen molar-refractivity contribution in [1.82, 2.24) is 4.98 Å². The molecule has 0 aliphatic heterocycles. The van der Waals surface area contributed by atoms with Crippen LogP contribution in [0.2, 0.25) is 0 Å². The molecule has 0 saturated carbocycles. The van der Waals surface area contributed by atoms with E-state index in [9.17, 15) is 0 Å². The number of nitrogens with two attached hydrogens (primary N) is 1. The predicted octanol–water partition coefficient (Wildman–Crippen LogP) is 1.64. The number of methoxy groups -OCH3 is 1. The van der Waals surface area contributed by atoms with Crippen molar-refractivity contribution in [3.8, 4) is 5.75 Å². The number of ether oxygens (including phenoxy) is 1. The number of anilines is 1. The van der Waals surface area contributed by atoms with Gasteiger partial charge in [0.25, 0.3) is 0 Å². The number of nitrogens with zero attached hydrogens (tertiary/aromatic N) is 2. The Balaban J connectivity index is 2.50. The van der Waals surface area contributed by atoms with Crippen LogP contribution in [0.15, 0.2) is 30.5 Å². The van der Waals surface area contributed by atoms with Gasteiger partial charge in [-0.15, -0.1) is 0 Å². The van der Waals surface area contributed by atoms with Gasteiger partial charge in [0.1, 0.15) is 11.6 Å². The molecule has 1 aromatic carbocycles. The van der Waals surface area contributed by atoms with Crippen LogP contribution in [-0.4, -0.2) is 32.2 Å². The van der Waals surface area contributed by atoms with Gasteiger partial charge < -0.3 is 15.4 Å². The lowest BCUT2D eigenvalue weighted by Gasteiger charge is -2.19. The molecule has 4 nitrogen and oxygen atoms in total. The molecule has 0 aliphatic carbocycles. The molecule has 0 bridgehead atoms. The van der Waals surface area contributed by atoms with Crippen LogP contribution in [0.1, 0.15) is 0 Å². The molecule has 1 heterocycles. The fourth-order valence-corrected chi connectivity index (χ4v) is 1.87. The first-order valence-corrected chi connectivity index (χ1v) is 5.60. The number of hydrogen-bond donors (Lipinski definition) is 1. The van der Waals surface area contributed by atoms with Gasteiger partial charge in [-0.3, -0.25) is 0 Å². The van der Waals surface area contributed by atoms with Crippen molar-refractivity contribution in [1.29, 1.82) is 0 Å². The van der Waals surface area contributed by atoms with Gasteiger partial charge in [0.05, 0.1) is 7.11 Å². The Hall–Kier alpha value is -1.81. The SMILES string of the molecule is COc1ccc2c(N(C)CCN)nccc2c1. The second-order valence-corrected chi connectivity index (χ2v) is 3.93. The Morgan fingerprint density at radius 2 is 2.18 bits per heavy atom. The van der Waals surface area contributed by atoms with Gasteiger partial charge in [-0.1, -0.05) is 0 Å². The molecule has 4 heteroatoms. The zero-order valence-corrected chi connectivity index (χ0v) is 10.2. The van der Waals surface area contributed by atoms with Crippen LogP contribution < -0.4 is 15.4 Å². The Labute approximate surface area is 101 Å². The maximum atomic E-state index is 5.57. The number of benzene rings is 1. The van der Waals surface area contributed by atoms with E-state index in [1.807, 2.05) is 37.5 Å². The molecule has 0 amide bonds. The van der Waals surface area contributed by atoms with Gasteiger partial charge in [0, 0.05) is 31.7 Å². The summed E-state index contributed by atoms with van der Waals surface area (Å²) in [5, 5.41) is 2.24. The maximum Gasteiger partial charge on any atom is 0.136 e. The molecule has 0 unspecified atom stereocenters. The summed E-state index contributed by atoms with van der Waals surface area (Å²) in [5.41, 5.74) is 5.57. The summed E-state index contributed by atoms with van der Waals surface area (Å²) in [4.78, 5) is 6.47. The van der Waals surface area contributed by atoms with Gasteiger partial charge >= 0.3 is 0 Å². The topological polar surface area (TPSA) is 51.4 Å². The lowest BCUT2D eigenvalue weighted by atomic mass is 10.1. The Kier molecular flexibility index (Phi) is 3.44. The summed E-state index contributed by atoms with van der Waals surface area (Å²) in [5.74, 6) is 1.81. The van der Waals surface area contributed by atoms with E-state index in [1.54, 1.807) is 7.11 Å². The van der Waals surface area contributed by atoms with E-state index in [-0.39, 0.29) is 0 Å². The number of fused-ring (bicyclic) bond motifs is 1. The molecule has 90 valence electrons. The van der Waals surface area contributed by atoms with E-state index in [2.05, 4.69) is 9.88 Å². The molecular formula is C13H17N3O. The van der Waals surface area contributed by atoms with Crippen molar-refractivity contribution < 1.29 is 4.74 Å². The first-order valence-electron chi connectivity index (χ1n) is 5.60. The minimum atomic E-state index is 0.616. The zero-order valence-electron chi connectivity index (χ0n) is 10.2. The Bertz CT molecular complexity index is 513. The fraction of sp³-hybridized carbons (Fsp3) is 0.308. The fourth-order valence-electron chi connectivity index (χ4n) is 1.87. The third-order valence-corrected chi connectivity index (χ3v) is 2.78. The summed E-state index contributed by atoms with van der Waals surface area (Å²) in [6, 6.07) is 7.97. The molecule has 17 heavy (non-hydrogen) atoms. The van der Waals surface area contributed by atoms with Crippen LogP contribution in [-0.2, 0) is 0 Å². The highest BCUT2D eigenvalue weighted by Gasteiger charge is 2.07. The van der Waals surface area contributed by atoms with Crippen LogP contribution >= 0.6 is 0 Å². The smallest absolute Gasteiger partial charge is 0.136 e. The van der Waals surface area contributed by atoms with E-state index < -0.39 is 0 Å². The largest absolute Gasteiger partial charge is 0.497 e. The van der Waals surface area contributed by atoms with E-state index in [4.69, 9.17) is 10.5 Å². The Morgan fingerprint density at radius 3 is 2.88 bits per heavy atom. The molecule has 0 fully saturated rings. The number of aromatic nitrogens is 1. The van der Waals surface area contributed by atoms with E-state index in [1.165, 1.54) is 0 Å². The first kappa shape index (κ1) is 11.7. The first-order chi connectivity index (χ1) is 8.26. The minimum absolute atomic E-state index is 0.616. The number of hydrogen-bond acceptors (Lipinski definition) is 4. The van der Waals surface area contributed by atoms with Gasteiger partial charge in [-0.2, -0.15) is 0 Å². The highest BCUT2D eigenvalue weighted by molar-refractivity contribution is 5.92. The molecular weight excluding hydrogens is 214 g/mol. The number of likely N-dealkylation sites (N-methyl/N-ethyl adjacent to an activating group) is 1. The summed E-state index contributed by atoms with van der Waals surface area (Å²) >= 11 is 0. The predicted molar refractivity (Wildman–Crippen MR) is 70.6 cm³/mol. The molecule has 1 aromatic heterocycles. The second-order valence-electron chi connectivity index (χ2n) is 3.93. The van der Waals surface area contributed by atoms with E-state index in [0.29, 0.717) is 6.54 Å². The van der Waals surface area contributed by atoms with Crippen molar-refractivity contribution in [3.63, 3.8) is 0 Å². The van der Waals surface area contributed by atoms with Crippen LogP contribution in [0, 0.1) is 0 Å². The highest BCUT2D eigenvalue weighted by Crippen LogP contribution is 2.26. The second kappa shape index (κ2) is 5.01. The maximum absolute atomic E-state index is 5.57. The standard InChI is InChI=1S/C13H17N3O/c1-16(8-6-14)13-12-4-3-11(17-2)9-10(12)5-7-15-13/h3-5,7,9H,6,8,14H2,1-2H3. The summed E-state index contributed by atoms with van der Waals surface area (Å²) in [6.45, 7) is 1.41. The third-order valence-electron chi connectivity index (χ3n) is 2.78. The lowest BCUT2D eigenvalue weighted by molar-refractivity contribution is 0.415. The summed E-state index contributed by atoms with van der Waals surface area (Å²) < 4.78 is 5.22. The molecule has 0 radical (unpaired) electrons. The highest BCUT2D eigenvalue weighted by atomic mass is 16.5. The quantitative estimate of drug-likeness (QED) is 0.869. The van der Waals surface area contributed by atoms with Gasteiger partial charge in [0.2, 0.25) is 0 Å². The minimum Gasteiger partial charge on any atom is -0.497 e. The van der Waals surface area contributed by atoms with Crippen molar-refractivity contribution in [2.24, 2.45) is 5.73 Å². The molecule has 2 rings (SSSR count). The van der Waals surface area contributed by atoms with Crippen LogP contribution in [0.3, 0.4) is 0 Å². The molecule has 0 aliphatic rings. The molecule has 2 N–H and O–H groups in total. The average molecular weight is 231 g/mol. The third kappa shape index (κ3) is 2.31. The van der Waals surface area contributed by atoms with Crippen LogP contribution in [0.5, 0.6) is 5.75 Å². The average Bonchev–Trinajstić information content (AvgIpc) is 2.37. The molecule has 2 aromatic rings.